The summed E-state index contributed by atoms with van der Waals surface area (Å²) in [6.45, 7) is 8.40. The van der Waals surface area contributed by atoms with Crippen molar-refractivity contribution in [3.05, 3.63) is 59.7 Å². The van der Waals surface area contributed by atoms with E-state index in [9.17, 15) is 9.59 Å². The molecule has 2 heterocycles. The molecule has 0 spiro atoms. The van der Waals surface area contributed by atoms with Crippen molar-refractivity contribution >= 4 is 23.3 Å². The third kappa shape index (κ3) is 5.66. The lowest BCUT2D eigenvalue weighted by Gasteiger charge is -2.35. The number of anilines is 2. The van der Waals surface area contributed by atoms with Crippen molar-refractivity contribution in [3.63, 3.8) is 0 Å². The van der Waals surface area contributed by atoms with E-state index in [2.05, 4.69) is 29.4 Å². The van der Waals surface area contributed by atoms with E-state index >= 15 is 0 Å². The number of ether oxygens (including phenoxy) is 1. The van der Waals surface area contributed by atoms with Crippen LogP contribution in [0.1, 0.15) is 42.6 Å². The first-order valence-corrected chi connectivity index (χ1v) is 11.4. The monoisotopic (exact) mass is 436 g/mol. The van der Waals surface area contributed by atoms with Crippen LogP contribution in [0.4, 0.5) is 16.2 Å². The maximum Gasteiger partial charge on any atom is 0.321 e. The number of urea groups is 1. The Morgan fingerprint density at radius 1 is 0.906 bits per heavy atom. The van der Waals surface area contributed by atoms with Crippen molar-refractivity contribution in [3.8, 4) is 0 Å². The molecule has 3 amide bonds. The molecule has 7 heteroatoms. The van der Waals surface area contributed by atoms with Crippen molar-refractivity contribution in [2.24, 2.45) is 0 Å². The highest BCUT2D eigenvalue weighted by Crippen LogP contribution is 2.23. The van der Waals surface area contributed by atoms with Crippen LogP contribution in [-0.2, 0) is 11.3 Å². The van der Waals surface area contributed by atoms with E-state index in [0.29, 0.717) is 16.9 Å². The number of likely N-dealkylation sites (tertiary alicyclic amines) is 1. The lowest BCUT2D eigenvalue weighted by Crippen LogP contribution is -2.44. The minimum absolute atomic E-state index is 0.125. The van der Waals surface area contributed by atoms with Crippen molar-refractivity contribution in [2.75, 3.05) is 36.8 Å². The van der Waals surface area contributed by atoms with E-state index in [4.69, 9.17) is 4.74 Å². The highest BCUT2D eigenvalue weighted by Gasteiger charge is 2.22. The van der Waals surface area contributed by atoms with Gasteiger partial charge in [0.25, 0.3) is 5.91 Å². The van der Waals surface area contributed by atoms with E-state index in [0.717, 1.165) is 45.6 Å². The number of morpholine rings is 1. The lowest BCUT2D eigenvalue weighted by atomic mass is 10.1. The first-order valence-electron chi connectivity index (χ1n) is 11.4. The molecule has 170 valence electrons. The molecular formula is C25H32N4O3. The zero-order valence-electron chi connectivity index (χ0n) is 18.8. The molecular weight excluding hydrogens is 404 g/mol. The number of amides is 3. The minimum Gasteiger partial charge on any atom is -0.373 e. The molecule has 2 fully saturated rings. The number of carbonyl (C=O) groups excluding carboxylic acids is 2. The van der Waals surface area contributed by atoms with Gasteiger partial charge in [0.15, 0.2) is 0 Å². The summed E-state index contributed by atoms with van der Waals surface area (Å²) in [5.74, 6) is -0.201. The van der Waals surface area contributed by atoms with Gasteiger partial charge in [-0.3, -0.25) is 9.69 Å². The molecule has 2 aliphatic heterocycles. The third-order valence-corrected chi connectivity index (χ3v) is 5.93. The molecule has 0 aliphatic carbocycles. The number of nitrogens with zero attached hydrogens (tertiary/aromatic N) is 2. The Bertz CT molecular complexity index is 930. The van der Waals surface area contributed by atoms with E-state index in [1.54, 1.807) is 17.0 Å². The quantitative estimate of drug-likeness (QED) is 0.738. The smallest absolute Gasteiger partial charge is 0.321 e. The van der Waals surface area contributed by atoms with E-state index < -0.39 is 0 Å². The fourth-order valence-corrected chi connectivity index (χ4v) is 4.44. The van der Waals surface area contributed by atoms with Crippen molar-refractivity contribution in [1.29, 1.82) is 0 Å². The van der Waals surface area contributed by atoms with Crippen LogP contribution in [0.5, 0.6) is 0 Å². The number of benzene rings is 2. The predicted octanol–water partition coefficient (Wildman–Crippen LogP) is 4.18. The third-order valence-electron chi connectivity index (χ3n) is 5.93. The zero-order chi connectivity index (χ0) is 22.5. The molecule has 32 heavy (non-hydrogen) atoms. The topological polar surface area (TPSA) is 73.9 Å². The fraction of sp³-hybridized carbons (Fsp3) is 0.440. The Labute approximate surface area is 189 Å². The SMILES string of the molecule is CC1CN(Cc2ccc(C(=O)Nc3ccccc3NC(=O)N3CCCC3)cc2)CC(C)O1. The molecule has 2 aromatic carbocycles. The van der Waals surface area contributed by atoms with Gasteiger partial charge >= 0.3 is 6.03 Å². The summed E-state index contributed by atoms with van der Waals surface area (Å²) in [4.78, 5) is 29.5. The van der Waals surface area contributed by atoms with Gasteiger partial charge in [-0.05, 0) is 56.5 Å². The van der Waals surface area contributed by atoms with E-state index in [1.807, 2.05) is 36.4 Å². The van der Waals surface area contributed by atoms with Crippen LogP contribution in [0.3, 0.4) is 0 Å². The summed E-state index contributed by atoms with van der Waals surface area (Å²) < 4.78 is 5.80. The van der Waals surface area contributed by atoms with Crippen LogP contribution in [0.25, 0.3) is 0 Å². The number of rotatable bonds is 5. The van der Waals surface area contributed by atoms with Crippen molar-refractivity contribution < 1.29 is 14.3 Å². The van der Waals surface area contributed by atoms with Gasteiger partial charge in [0.1, 0.15) is 0 Å². The average Bonchev–Trinajstić information content (AvgIpc) is 3.30. The molecule has 0 bridgehead atoms. The van der Waals surface area contributed by atoms with Gasteiger partial charge in [0.05, 0.1) is 23.6 Å². The highest BCUT2D eigenvalue weighted by atomic mass is 16.5. The standard InChI is InChI=1S/C25H32N4O3/c1-18-15-28(16-19(2)32-18)17-20-9-11-21(12-10-20)24(30)26-22-7-3-4-8-23(22)27-25(31)29-13-5-6-14-29/h3-4,7-12,18-19H,5-6,13-17H2,1-2H3,(H,26,30)(H,27,31). The second-order valence-electron chi connectivity index (χ2n) is 8.77. The van der Waals surface area contributed by atoms with Gasteiger partial charge in [0, 0.05) is 38.3 Å². The summed E-state index contributed by atoms with van der Waals surface area (Å²) in [6.07, 6.45) is 2.53. The molecule has 7 nitrogen and oxygen atoms in total. The maximum atomic E-state index is 12.8. The number of hydrogen-bond acceptors (Lipinski definition) is 4. The van der Waals surface area contributed by atoms with Gasteiger partial charge in [-0.1, -0.05) is 24.3 Å². The molecule has 2 aliphatic rings. The molecule has 2 atom stereocenters. The van der Waals surface area contributed by atoms with Crippen LogP contribution in [0.2, 0.25) is 0 Å². The Morgan fingerprint density at radius 2 is 1.50 bits per heavy atom. The molecule has 0 aromatic heterocycles. The van der Waals surface area contributed by atoms with Gasteiger partial charge in [0.2, 0.25) is 0 Å². The van der Waals surface area contributed by atoms with Gasteiger partial charge in [-0.2, -0.15) is 0 Å². The lowest BCUT2D eigenvalue weighted by molar-refractivity contribution is -0.0704. The van der Waals surface area contributed by atoms with Gasteiger partial charge in [-0.25, -0.2) is 4.79 Å². The summed E-state index contributed by atoms with van der Waals surface area (Å²) in [7, 11) is 0. The molecule has 2 N–H and O–H groups in total. The van der Waals surface area contributed by atoms with Crippen molar-refractivity contribution in [2.45, 2.75) is 45.4 Å². The summed E-state index contributed by atoms with van der Waals surface area (Å²) in [6, 6.07) is 14.9. The van der Waals surface area contributed by atoms with Crippen LogP contribution in [0, 0.1) is 0 Å². The van der Waals surface area contributed by atoms with Crippen LogP contribution < -0.4 is 10.6 Å². The Balaban J connectivity index is 1.37. The highest BCUT2D eigenvalue weighted by molar-refractivity contribution is 6.07. The molecule has 4 rings (SSSR count). The van der Waals surface area contributed by atoms with Gasteiger partial charge < -0.3 is 20.3 Å². The van der Waals surface area contributed by atoms with E-state index in [-0.39, 0.29) is 24.1 Å². The normalized spacial score (nSPS) is 21.4. The minimum atomic E-state index is -0.201. The number of hydrogen-bond donors (Lipinski definition) is 2. The van der Waals surface area contributed by atoms with Crippen LogP contribution >= 0.6 is 0 Å². The average molecular weight is 437 g/mol. The zero-order valence-corrected chi connectivity index (χ0v) is 18.8. The summed E-state index contributed by atoms with van der Waals surface area (Å²) >= 11 is 0. The summed E-state index contributed by atoms with van der Waals surface area (Å²) in [5.41, 5.74) is 2.94. The molecule has 2 saturated heterocycles. The number of carbonyl (C=O) groups is 2. The van der Waals surface area contributed by atoms with Crippen LogP contribution in [-0.4, -0.2) is 60.1 Å². The second-order valence-corrected chi connectivity index (χ2v) is 8.77. The van der Waals surface area contributed by atoms with E-state index in [1.165, 1.54) is 5.56 Å². The maximum absolute atomic E-state index is 12.8. The molecule has 2 aromatic rings. The van der Waals surface area contributed by atoms with Crippen molar-refractivity contribution in [1.82, 2.24) is 9.80 Å². The van der Waals surface area contributed by atoms with Crippen LogP contribution in [0.15, 0.2) is 48.5 Å². The Hall–Kier alpha value is -2.90. The van der Waals surface area contributed by atoms with Gasteiger partial charge in [-0.15, -0.1) is 0 Å². The largest absolute Gasteiger partial charge is 0.373 e. The molecule has 0 saturated carbocycles. The first-order chi connectivity index (χ1) is 15.5. The molecule has 2 unspecified atom stereocenters. The number of para-hydroxylation sites is 2. The predicted molar refractivity (Wildman–Crippen MR) is 126 cm³/mol. The summed E-state index contributed by atoms with van der Waals surface area (Å²) in [5, 5.41) is 5.86. The first kappa shape index (κ1) is 22.3. The Kier molecular flexibility index (Phi) is 7.07. The second kappa shape index (κ2) is 10.1. The fourth-order valence-electron chi connectivity index (χ4n) is 4.44. The Morgan fingerprint density at radius 3 is 2.12 bits per heavy atom. The molecule has 0 radical (unpaired) electrons. The number of nitrogens with one attached hydrogen (secondary N) is 2.